The molecule has 4 heterocycles. The first kappa shape index (κ1) is 28.3. The Balaban J connectivity index is 0.00000312. The molecule has 3 aromatic heterocycles. The van der Waals surface area contributed by atoms with Gasteiger partial charge in [0.05, 0.1) is 16.9 Å². The zero-order valence-corrected chi connectivity index (χ0v) is 27.4. The number of aryl methyl sites for hydroxylation is 1. The van der Waals surface area contributed by atoms with Crippen LogP contribution in [0.2, 0.25) is 0 Å². The summed E-state index contributed by atoms with van der Waals surface area (Å²) < 4.78 is 4.33. The van der Waals surface area contributed by atoms with Crippen molar-refractivity contribution in [3.8, 4) is 28.2 Å². The van der Waals surface area contributed by atoms with Gasteiger partial charge in [0.1, 0.15) is 5.65 Å². The van der Waals surface area contributed by atoms with E-state index in [2.05, 4.69) is 130 Å². The second-order valence-corrected chi connectivity index (χ2v) is 11.5. The number of nitrogens with zero attached hydrogens (tertiary/aromatic N) is 6. The number of benzene rings is 5. The van der Waals surface area contributed by atoms with Crippen molar-refractivity contribution in [2.45, 2.75) is 0 Å². The number of imidazole rings is 1. The summed E-state index contributed by atoms with van der Waals surface area (Å²) >= 11 is 0. The SMILES string of the molecule is CN1C=CN(c2[c-]c(-n3c4[c-]c(-c5nc6ccc(-c7cccc8ccccc78)cc6n5C)ccc4c4cccnc43)ccc2)[CH-]1.[Pt]. The van der Waals surface area contributed by atoms with Crippen molar-refractivity contribution < 1.29 is 21.1 Å². The Labute approximate surface area is 281 Å². The van der Waals surface area contributed by atoms with Crippen LogP contribution in [0.3, 0.4) is 0 Å². The summed E-state index contributed by atoms with van der Waals surface area (Å²) in [5.74, 6) is 0.865. The zero-order chi connectivity index (χ0) is 30.1. The molecule has 46 heavy (non-hydrogen) atoms. The Hall–Kier alpha value is -5.19. The summed E-state index contributed by atoms with van der Waals surface area (Å²) in [6.07, 6.45) is 5.89. The quantitative estimate of drug-likeness (QED) is 0.168. The van der Waals surface area contributed by atoms with Crippen LogP contribution in [0.4, 0.5) is 5.69 Å². The third-order valence-corrected chi connectivity index (χ3v) is 8.71. The van der Waals surface area contributed by atoms with Crippen LogP contribution in [0.25, 0.3) is 71.9 Å². The van der Waals surface area contributed by atoms with Crippen LogP contribution in [0.1, 0.15) is 0 Å². The van der Waals surface area contributed by atoms with Gasteiger partial charge in [-0.2, -0.15) is 12.7 Å². The van der Waals surface area contributed by atoms with Crippen molar-refractivity contribution in [3.63, 3.8) is 0 Å². The van der Waals surface area contributed by atoms with Gasteiger partial charge in [-0.05, 0) is 70.4 Å². The number of aromatic nitrogens is 4. The standard InChI is InChI=1S/C39H27N6.Pt/c1-42-20-21-44(25-42)29-10-6-11-30(24-29)45-36-23-28(15-17-33(36)34-14-7-19-40-39(34)45)38-41-35-18-16-27(22-37(35)43(38)2)32-13-5-9-26-8-3-4-12-31(26)32;/h3-22,25H,1-2H3;/q-3;. The van der Waals surface area contributed by atoms with Crippen molar-refractivity contribution in [2.24, 2.45) is 7.05 Å². The van der Waals surface area contributed by atoms with E-state index in [1.54, 1.807) is 0 Å². The fourth-order valence-corrected chi connectivity index (χ4v) is 6.53. The number of fused-ring (bicyclic) bond motifs is 5. The molecule has 9 rings (SSSR count). The fourth-order valence-electron chi connectivity index (χ4n) is 6.53. The molecular formula is C39H27N6Pt-3. The minimum Gasteiger partial charge on any atom is -0.510 e. The second-order valence-electron chi connectivity index (χ2n) is 11.5. The molecule has 0 spiro atoms. The molecule has 7 heteroatoms. The molecule has 0 saturated heterocycles. The Morgan fingerprint density at radius 1 is 0.717 bits per heavy atom. The first-order valence-electron chi connectivity index (χ1n) is 15.0. The maximum absolute atomic E-state index is 5.09. The number of pyridine rings is 1. The molecule has 0 aliphatic carbocycles. The minimum absolute atomic E-state index is 0. The summed E-state index contributed by atoms with van der Waals surface area (Å²) in [7, 11) is 4.10. The monoisotopic (exact) mass is 774 g/mol. The van der Waals surface area contributed by atoms with E-state index in [9.17, 15) is 0 Å². The first-order valence-corrected chi connectivity index (χ1v) is 15.0. The molecule has 6 nitrogen and oxygen atoms in total. The van der Waals surface area contributed by atoms with Crippen LogP contribution in [0.15, 0.2) is 122 Å². The molecule has 0 saturated carbocycles. The van der Waals surface area contributed by atoms with Crippen molar-refractivity contribution in [3.05, 3.63) is 141 Å². The first-order chi connectivity index (χ1) is 22.1. The maximum atomic E-state index is 5.09. The van der Waals surface area contributed by atoms with Crippen LogP contribution in [-0.4, -0.2) is 31.0 Å². The topological polar surface area (TPSA) is 42.1 Å². The molecule has 0 bridgehead atoms. The van der Waals surface area contributed by atoms with E-state index in [0.717, 1.165) is 55.7 Å². The minimum atomic E-state index is 0. The normalized spacial score (nSPS) is 13.0. The summed E-state index contributed by atoms with van der Waals surface area (Å²) in [4.78, 5) is 14.0. The van der Waals surface area contributed by atoms with E-state index in [1.165, 1.54) is 21.9 Å². The Morgan fingerprint density at radius 2 is 1.54 bits per heavy atom. The molecule has 0 radical (unpaired) electrons. The van der Waals surface area contributed by atoms with E-state index < -0.39 is 0 Å². The van der Waals surface area contributed by atoms with Gasteiger partial charge in [-0.3, -0.25) is 4.98 Å². The Kier molecular flexibility index (Phi) is 6.77. The Bertz CT molecular complexity index is 2470. The molecule has 1 aliphatic rings. The zero-order valence-electron chi connectivity index (χ0n) is 25.1. The van der Waals surface area contributed by atoms with Gasteiger partial charge in [0, 0.05) is 34.3 Å². The van der Waals surface area contributed by atoms with Gasteiger partial charge in [-0.1, -0.05) is 65.7 Å². The number of anilines is 1. The van der Waals surface area contributed by atoms with Gasteiger partial charge in [-0.15, -0.1) is 47.6 Å². The van der Waals surface area contributed by atoms with Crippen molar-refractivity contribution >= 4 is 49.4 Å². The summed E-state index contributed by atoms with van der Waals surface area (Å²) in [5, 5.41) is 4.64. The number of rotatable bonds is 4. The second kappa shape index (κ2) is 11.0. The van der Waals surface area contributed by atoms with Gasteiger partial charge in [0.2, 0.25) is 0 Å². The largest absolute Gasteiger partial charge is 0.510 e. The number of hydrogen-bond donors (Lipinski definition) is 0. The molecule has 0 fully saturated rings. The van der Waals surface area contributed by atoms with Crippen LogP contribution < -0.4 is 4.90 Å². The molecule has 0 N–H and O–H groups in total. The predicted molar refractivity (Wildman–Crippen MR) is 183 cm³/mol. The van der Waals surface area contributed by atoms with Crippen molar-refractivity contribution in [1.29, 1.82) is 0 Å². The summed E-state index contributed by atoms with van der Waals surface area (Å²) in [6.45, 7) is 2.03. The molecule has 1 aliphatic heterocycles. The molecular weight excluding hydrogens is 748 g/mol. The van der Waals surface area contributed by atoms with Crippen LogP contribution >= 0.6 is 0 Å². The van der Waals surface area contributed by atoms with E-state index in [1.807, 2.05) is 43.3 Å². The van der Waals surface area contributed by atoms with Gasteiger partial charge >= 0.3 is 0 Å². The van der Waals surface area contributed by atoms with Crippen molar-refractivity contribution in [2.75, 3.05) is 11.9 Å². The van der Waals surface area contributed by atoms with Crippen molar-refractivity contribution in [1.82, 2.24) is 24.0 Å². The van der Waals surface area contributed by atoms with E-state index >= 15 is 0 Å². The summed E-state index contributed by atoms with van der Waals surface area (Å²) in [5.41, 5.74) is 9.01. The summed E-state index contributed by atoms with van der Waals surface area (Å²) in [6, 6.07) is 43.5. The Morgan fingerprint density at radius 3 is 2.43 bits per heavy atom. The van der Waals surface area contributed by atoms with Gasteiger partial charge in [0.15, 0.2) is 0 Å². The van der Waals surface area contributed by atoms with Crippen LogP contribution in [0.5, 0.6) is 0 Å². The van der Waals surface area contributed by atoms with Crippen LogP contribution in [-0.2, 0) is 28.1 Å². The predicted octanol–water partition coefficient (Wildman–Crippen LogP) is 8.49. The maximum Gasteiger partial charge on any atom is 0.132 e. The average Bonchev–Trinajstić information content (AvgIpc) is 3.77. The molecule has 226 valence electrons. The molecule has 5 aromatic carbocycles. The molecule has 0 atom stereocenters. The third-order valence-electron chi connectivity index (χ3n) is 8.71. The van der Waals surface area contributed by atoms with Crippen LogP contribution in [0, 0.1) is 18.8 Å². The molecule has 0 amide bonds. The van der Waals surface area contributed by atoms with E-state index in [0.29, 0.717) is 0 Å². The van der Waals surface area contributed by atoms with Gasteiger partial charge in [0.25, 0.3) is 0 Å². The molecule has 8 aromatic rings. The van der Waals surface area contributed by atoms with E-state index in [4.69, 9.17) is 9.97 Å². The smallest absolute Gasteiger partial charge is 0.132 e. The van der Waals surface area contributed by atoms with Gasteiger partial charge in [-0.25, -0.2) is 4.98 Å². The fraction of sp³-hybridized carbons (Fsp3) is 0.0513. The van der Waals surface area contributed by atoms with E-state index in [-0.39, 0.29) is 21.1 Å². The molecule has 0 unspecified atom stereocenters. The third kappa shape index (κ3) is 4.44. The van der Waals surface area contributed by atoms with Gasteiger partial charge < -0.3 is 18.9 Å². The average molecular weight is 775 g/mol. The number of hydrogen-bond acceptors (Lipinski definition) is 4.